The predicted octanol–water partition coefficient (Wildman–Crippen LogP) is 20.7. The van der Waals surface area contributed by atoms with Crippen LogP contribution in [0.5, 0.6) is 0 Å². The van der Waals surface area contributed by atoms with E-state index in [1.807, 2.05) is 0 Å². The minimum atomic E-state index is -0.488. The van der Waals surface area contributed by atoms with Gasteiger partial charge in [0.1, 0.15) is 5.58 Å². The molecule has 17 rings (SSSR count). The van der Waals surface area contributed by atoms with Gasteiger partial charge in [-0.15, -0.1) is 0 Å². The van der Waals surface area contributed by atoms with E-state index < -0.39 is 5.41 Å². The standard InChI is InChI=1S/C77H48N2O/c1-2-18-56(19-3-1)78-69-30-14-9-23-61(69)64-47-54(43-46-70(64)78)53-39-37-50(38-40-53)49-33-35-51(36-34-49)52-41-44-57(45-42-52)79(72-48-55-17-4-5-20-58(55)74-63-25-10-15-32-73(63)80-76(72)74)71-31-16-29-68-75(71)62-24-8-13-28-67(62)77(68)65-26-11-6-21-59(65)60-22-7-12-27-66(60)77/h1-48H. The van der Waals surface area contributed by atoms with Crippen LogP contribution >= 0.6 is 0 Å². The van der Waals surface area contributed by atoms with Crippen LogP contribution in [-0.4, -0.2) is 4.57 Å². The molecule has 0 saturated heterocycles. The van der Waals surface area contributed by atoms with Gasteiger partial charge in [0.15, 0.2) is 5.58 Å². The highest BCUT2D eigenvalue weighted by Crippen LogP contribution is 2.65. The molecule has 1 spiro atoms. The fourth-order valence-electron chi connectivity index (χ4n) is 14.0. The van der Waals surface area contributed by atoms with Gasteiger partial charge in [-0.05, 0) is 144 Å². The Bertz CT molecular complexity index is 4940. The van der Waals surface area contributed by atoms with Crippen LogP contribution in [0, 0.1) is 0 Å². The molecule has 0 aliphatic heterocycles. The van der Waals surface area contributed by atoms with E-state index in [-0.39, 0.29) is 0 Å². The van der Waals surface area contributed by atoms with Gasteiger partial charge in [0.25, 0.3) is 0 Å². The Balaban J connectivity index is 0.767. The van der Waals surface area contributed by atoms with E-state index in [4.69, 9.17) is 4.42 Å². The molecular formula is C77H48N2O. The monoisotopic (exact) mass is 1020 g/mol. The van der Waals surface area contributed by atoms with Crippen molar-refractivity contribution in [2.24, 2.45) is 0 Å². The van der Waals surface area contributed by atoms with Crippen LogP contribution in [-0.2, 0) is 5.41 Å². The molecule has 0 bridgehead atoms. The Hall–Kier alpha value is -10.5. The molecule has 2 aliphatic carbocycles. The molecule has 0 saturated carbocycles. The number of nitrogens with zero attached hydrogens (tertiary/aromatic N) is 2. The highest BCUT2D eigenvalue weighted by atomic mass is 16.3. The number of hydrogen-bond acceptors (Lipinski definition) is 2. The van der Waals surface area contributed by atoms with E-state index in [9.17, 15) is 0 Å². The summed E-state index contributed by atoms with van der Waals surface area (Å²) >= 11 is 0. The molecule has 0 unspecified atom stereocenters. The summed E-state index contributed by atoms with van der Waals surface area (Å²) in [6, 6.07) is 107. The van der Waals surface area contributed by atoms with Crippen LogP contribution in [0.4, 0.5) is 17.1 Å². The van der Waals surface area contributed by atoms with Crippen molar-refractivity contribution in [3.8, 4) is 61.3 Å². The number of anilines is 3. The summed E-state index contributed by atoms with van der Waals surface area (Å²) in [6.45, 7) is 0. The summed E-state index contributed by atoms with van der Waals surface area (Å²) in [6.07, 6.45) is 0. The first kappa shape index (κ1) is 44.6. The van der Waals surface area contributed by atoms with Gasteiger partial charge < -0.3 is 13.9 Å². The summed E-state index contributed by atoms with van der Waals surface area (Å²) in [5, 5.41) is 7.08. The van der Waals surface area contributed by atoms with E-state index >= 15 is 0 Å². The van der Waals surface area contributed by atoms with Crippen molar-refractivity contribution in [2.45, 2.75) is 5.41 Å². The maximum Gasteiger partial charge on any atom is 0.160 e. The van der Waals surface area contributed by atoms with Crippen LogP contribution in [0.25, 0.3) is 116 Å². The maximum absolute atomic E-state index is 7.06. The van der Waals surface area contributed by atoms with Crippen LogP contribution in [0.1, 0.15) is 22.3 Å². The summed E-state index contributed by atoms with van der Waals surface area (Å²) in [7, 11) is 0. The third kappa shape index (κ3) is 6.37. The highest BCUT2D eigenvalue weighted by Gasteiger charge is 2.52. The minimum absolute atomic E-state index is 0.488. The second-order valence-electron chi connectivity index (χ2n) is 21.5. The quantitative estimate of drug-likeness (QED) is 0.159. The molecule has 0 radical (unpaired) electrons. The molecule has 80 heavy (non-hydrogen) atoms. The van der Waals surface area contributed by atoms with E-state index in [0.717, 1.165) is 55.5 Å². The molecule has 3 heteroatoms. The van der Waals surface area contributed by atoms with E-state index in [1.54, 1.807) is 0 Å². The molecule has 0 amide bonds. The zero-order chi connectivity index (χ0) is 52.5. The summed E-state index contributed by atoms with van der Waals surface area (Å²) in [4.78, 5) is 2.47. The molecule has 2 aromatic heterocycles. The Morgan fingerprint density at radius 3 is 1.51 bits per heavy atom. The van der Waals surface area contributed by atoms with Gasteiger partial charge in [0.2, 0.25) is 0 Å². The van der Waals surface area contributed by atoms with Gasteiger partial charge >= 0.3 is 0 Å². The number of aromatic nitrogens is 1. The third-order valence-corrected chi connectivity index (χ3v) is 17.4. The smallest absolute Gasteiger partial charge is 0.160 e. The molecule has 15 aromatic rings. The molecule has 0 N–H and O–H groups in total. The van der Waals surface area contributed by atoms with Gasteiger partial charge in [-0.1, -0.05) is 231 Å². The van der Waals surface area contributed by atoms with Crippen molar-refractivity contribution in [1.29, 1.82) is 0 Å². The Labute approximate surface area is 463 Å². The van der Waals surface area contributed by atoms with Crippen LogP contribution in [0.15, 0.2) is 296 Å². The number of furan rings is 1. The number of benzene rings is 13. The highest BCUT2D eigenvalue weighted by molar-refractivity contribution is 6.23. The Morgan fingerprint density at radius 2 is 0.825 bits per heavy atom. The minimum Gasteiger partial charge on any atom is -0.454 e. The van der Waals surface area contributed by atoms with Gasteiger partial charge in [0.05, 0.1) is 27.8 Å². The predicted molar refractivity (Wildman–Crippen MR) is 333 cm³/mol. The first-order valence-electron chi connectivity index (χ1n) is 27.6. The molecule has 2 heterocycles. The fourth-order valence-corrected chi connectivity index (χ4v) is 14.0. The normalized spacial score (nSPS) is 12.8. The fraction of sp³-hybridized carbons (Fsp3) is 0.0130. The van der Waals surface area contributed by atoms with E-state index in [1.165, 1.54) is 99.6 Å². The third-order valence-electron chi connectivity index (χ3n) is 17.4. The molecule has 13 aromatic carbocycles. The number of fused-ring (bicyclic) bond motifs is 18. The lowest BCUT2D eigenvalue weighted by Crippen LogP contribution is -2.26. The summed E-state index contributed by atoms with van der Waals surface area (Å²) in [5.41, 5.74) is 25.4. The Kier molecular flexibility index (Phi) is 9.63. The van der Waals surface area contributed by atoms with Crippen LogP contribution in [0.2, 0.25) is 0 Å². The average molecular weight is 1020 g/mol. The van der Waals surface area contributed by atoms with Crippen molar-refractivity contribution >= 4 is 71.6 Å². The summed E-state index contributed by atoms with van der Waals surface area (Å²) < 4.78 is 9.43. The lowest BCUT2D eigenvalue weighted by molar-refractivity contribution is 0.669. The lowest BCUT2D eigenvalue weighted by atomic mass is 9.70. The SMILES string of the molecule is c1ccc(-n2c3ccccc3c3cc(-c4ccc(-c5ccc(-c6ccc(N(c7cccc8c7-c7ccccc7C87c8ccccc8-c8ccccc87)c7cc8ccccc8c8c7oc7ccccc78)cc6)cc5)cc4)ccc32)cc1. The van der Waals surface area contributed by atoms with Crippen molar-refractivity contribution in [1.82, 2.24) is 4.57 Å². The Morgan fingerprint density at radius 1 is 0.325 bits per heavy atom. The molecular weight excluding hydrogens is 969 g/mol. The van der Waals surface area contributed by atoms with Crippen molar-refractivity contribution < 1.29 is 4.42 Å². The molecule has 372 valence electrons. The van der Waals surface area contributed by atoms with Gasteiger partial charge in [-0.2, -0.15) is 0 Å². The first-order chi connectivity index (χ1) is 39.7. The van der Waals surface area contributed by atoms with Crippen LogP contribution < -0.4 is 4.90 Å². The van der Waals surface area contributed by atoms with E-state index in [2.05, 4.69) is 301 Å². The van der Waals surface area contributed by atoms with E-state index in [0.29, 0.717) is 0 Å². The lowest BCUT2D eigenvalue weighted by Gasteiger charge is -2.32. The first-order valence-corrected chi connectivity index (χ1v) is 27.6. The number of para-hydroxylation sites is 3. The largest absolute Gasteiger partial charge is 0.454 e. The van der Waals surface area contributed by atoms with Gasteiger partial charge in [0, 0.05) is 38.5 Å². The van der Waals surface area contributed by atoms with Crippen molar-refractivity contribution in [2.75, 3.05) is 4.90 Å². The second kappa shape index (κ2) is 17.3. The molecule has 3 nitrogen and oxygen atoms in total. The molecule has 2 aliphatic rings. The maximum atomic E-state index is 7.06. The number of hydrogen-bond donors (Lipinski definition) is 0. The average Bonchev–Trinajstić information content (AvgIpc) is 3.28. The topological polar surface area (TPSA) is 21.3 Å². The van der Waals surface area contributed by atoms with Gasteiger partial charge in [-0.3, -0.25) is 0 Å². The zero-order valence-electron chi connectivity index (χ0n) is 43.5. The van der Waals surface area contributed by atoms with Gasteiger partial charge in [-0.25, -0.2) is 0 Å². The van der Waals surface area contributed by atoms with Crippen molar-refractivity contribution in [3.05, 3.63) is 313 Å². The second-order valence-corrected chi connectivity index (χ2v) is 21.5. The molecule has 0 fully saturated rings. The number of rotatable bonds is 7. The van der Waals surface area contributed by atoms with Crippen LogP contribution in [0.3, 0.4) is 0 Å². The molecule has 0 atom stereocenters. The zero-order valence-corrected chi connectivity index (χ0v) is 43.5. The van der Waals surface area contributed by atoms with Crippen molar-refractivity contribution in [3.63, 3.8) is 0 Å². The summed E-state index contributed by atoms with van der Waals surface area (Å²) in [5.74, 6) is 0.